The van der Waals surface area contributed by atoms with Crippen LogP contribution in [0, 0.1) is 0 Å². The Morgan fingerprint density at radius 3 is 2.63 bits per heavy atom. The Morgan fingerprint density at radius 1 is 1.31 bits per heavy atom. The lowest BCUT2D eigenvalue weighted by molar-refractivity contribution is -0.150. The standard InChI is InChI=1S/C22H20N4O7S2/c1-10(27)33-7-12-8-34-20-16(19(30)26(20)17(12)21(31)32)25-18(29)14(15-9-35-22(23)24-15)6-11-2-4-13(28)5-3-11/h2-6,9,16,20,28H,7-8H2,1H3,(H2,23,24)(H,25,29)(H,31,32)/b14-6-/t16?,20-/m1/s1. The molecule has 182 valence electrons. The summed E-state index contributed by atoms with van der Waals surface area (Å²) in [6.45, 7) is 0.974. The fourth-order valence-corrected chi connectivity index (χ4v) is 5.50. The number of nitrogen functional groups attached to an aromatic ring is 1. The van der Waals surface area contributed by atoms with Crippen LogP contribution in [0.15, 0.2) is 40.9 Å². The minimum atomic E-state index is -1.32. The number of aromatic nitrogens is 1. The Hall–Kier alpha value is -3.84. The summed E-state index contributed by atoms with van der Waals surface area (Å²) in [5.41, 5.74) is 6.88. The number of carboxylic acid groups (broad SMARTS) is 1. The fraction of sp³-hybridized carbons (Fsp3) is 0.227. The Labute approximate surface area is 207 Å². The van der Waals surface area contributed by atoms with E-state index in [1.165, 1.54) is 30.8 Å². The zero-order valence-electron chi connectivity index (χ0n) is 18.3. The van der Waals surface area contributed by atoms with E-state index < -0.39 is 35.2 Å². The van der Waals surface area contributed by atoms with Gasteiger partial charge < -0.3 is 26.0 Å². The number of aliphatic carboxylic acids is 1. The smallest absolute Gasteiger partial charge is 0.352 e. The minimum Gasteiger partial charge on any atom is -0.508 e. The molecule has 4 rings (SSSR count). The number of amides is 2. The van der Waals surface area contributed by atoms with Crippen LogP contribution in [0.1, 0.15) is 18.2 Å². The molecule has 1 aromatic heterocycles. The van der Waals surface area contributed by atoms with Crippen LogP contribution >= 0.6 is 23.1 Å². The number of ether oxygens (including phenoxy) is 1. The van der Waals surface area contributed by atoms with Crippen molar-refractivity contribution in [3.63, 3.8) is 0 Å². The van der Waals surface area contributed by atoms with Crippen molar-refractivity contribution in [3.8, 4) is 5.75 Å². The van der Waals surface area contributed by atoms with Crippen molar-refractivity contribution in [2.45, 2.75) is 18.3 Å². The second kappa shape index (κ2) is 9.80. The van der Waals surface area contributed by atoms with E-state index in [0.717, 1.165) is 16.2 Å². The molecule has 0 saturated carbocycles. The third-order valence-electron chi connectivity index (χ3n) is 5.23. The predicted molar refractivity (Wildman–Crippen MR) is 129 cm³/mol. The number of nitrogens with zero attached hydrogens (tertiary/aromatic N) is 2. The average molecular weight is 517 g/mol. The van der Waals surface area contributed by atoms with Crippen LogP contribution < -0.4 is 11.1 Å². The number of rotatable bonds is 7. The third-order valence-corrected chi connectivity index (χ3v) is 7.25. The average Bonchev–Trinajstić information content (AvgIpc) is 3.25. The van der Waals surface area contributed by atoms with Gasteiger partial charge in [0, 0.05) is 23.6 Å². The maximum Gasteiger partial charge on any atom is 0.352 e. The van der Waals surface area contributed by atoms with Gasteiger partial charge in [-0.2, -0.15) is 0 Å². The number of thiazole rings is 1. The molecule has 13 heteroatoms. The molecule has 35 heavy (non-hydrogen) atoms. The molecular weight excluding hydrogens is 496 g/mol. The second-order valence-electron chi connectivity index (χ2n) is 7.62. The van der Waals surface area contributed by atoms with Crippen LogP contribution in [0.5, 0.6) is 5.75 Å². The molecule has 0 bridgehead atoms. The van der Waals surface area contributed by atoms with Gasteiger partial charge in [-0.05, 0) is 23.8 Å². The molecule has 2 aliphatic heterocycles. The van der Waals surface area contributed by atoms with Crippen LogP contribution in [0.25, 0.3) is 11.6 Å². The van der Waals surface area contributed by atoms with Crippen molar-refractivity contribution in [1.82, 2.24) is 15.2 Å². The predicted octanol–water partition coefficient (Wildman–Crippen LogP) is 1.27. The Morgan fingerprint density at radius 2 is 2.03 bits per heavy atom. The number of hydrogen-bond donors (Lipinski definition) is 4. The molecule has 2 aromatic rings. The van der Waals surface area contributed by atoms with Crippen LogP contribution in [-0.2, 0) is 23.9 Å². The van der Waals surface area contributed by atoms with Gasteiger partial charge >= 0.3 is 11.9 Å². The maximum absolute atomic E-state index is 13.2. The zero-order valence-corrected chi connectivity index (χ0v) is 19.9. The molecule has 5 N–H and O–H groups in total. The highest BCUT2D eigenvalue weighted by atomic mass is 32.2. The van der Waals surface area contributed by atoms with E-state index >= 15 is 0 Å². The first-order valence-electron chi connectivity index (χ1n) is 10.2. The van der Waals surface area contributed by atoms with Gasteiger partial charge in [0.25, 0.3) is 11.8 Å². The lowest BCUT2D eigenvalue weighted by atomic mass is 10.0. The first kappa shape index (κ1) is 24.3. The van der Waals surface area contributed by atoms with E-state index in [9.17, 15) is 29.4 Å². The maximum atomic E-state index is 13.2. The minimum absolute atomic E-state index is 0.0656. The molecule has 2 amide bonds. The summed E-state index contributed by atoms with van der Waals surface area (Å²) in [5, 5.41) is 23.1. The lowest BCUT2D eigenvalue weighted by Gasteiger charge is -2.49. The van der Waals surface area contributed by atoms with Crippen molar-refractivity contribution in [2.75, 3.05) is 18.1 Å². The molecule has 0 spiro atoms. The molecule has 1 aromatic carbocycles. The number of carboxylic acids is 1. The molecule has 1 unspecified atom stereocenters. The van der Waals surface area contributed by atoms with Gasteiger partial charge in [0.1, 0.15) is 29.5 Å². The van der Waals surface area contributed by atoms with E-state index in [0.29, 0.717) is 16.8 Å². The molecule has 2 atom stereocenters. The van der Waals surface area contributed by atoms with Gasteiger partial charge in [0.15, 0.2) is 5.13 Å². The van der Waals surface area contributed by atoms with Crippen molar-refractivity contribution in [2.24, 2.45) is 0 Å². The number of nitrogens with two attached hydrogens (primary N) is 1. The quantitative estimate of drug-likeness (QED) is 0.238. The Balaban J connectivity index is 1.57. The summed E-state index contributed by atoms with van der Waals surface area (Å²) in [5.74, 6) is -2.78. The number of β-lactam (4-membered cyclic amide) rings is 1. The largest absolute Gasteiger partial charge is 0.508 e. The molecule has 1 fully saturated rings. The van der Waals surface area contributed by atoms with Gasteiger partial charge in [0.2, 0.25) is 0 Å². The fourth-order valence-electron chi connectivity index (χ4n) is 3.61. The molecule has 1 saturated heterocycles. The zero-order chi connectivity index (χ0) is 25.3. The van der Waals surface area contributed by atoms with Crippen LogP contribution in [0.3, 0.4) is 0 Å². The number of anilines is 1. The third kappa shape index (κ3) is 5.00. The molecule has 0 aliphatic carbocycles. The number of aromatic hydroxyl groups is 1. The lowest BCUT2D eigenvalue weighted by Crippen LogP contribution is -2.70. The number of hydrogen-bond acceptors (Lipinski definition) is 10. The summed E-state index contributed by atoms with van der Waals surface area (Å²) in [4.78, 5) is 54.4. The van der Waals surface area contributed by atoms with Crippen LogP contribution in [-0.4, -0.2) is 67.6 Å². The Kier molecular flexibility index (Phi) is 6.80. The number of phenols is 1. The van der Waals surface area contributed by atoms with E-state index in [2.05, 4.69) is 10.3 Å². The normalized spacial score (nSPS) is 19.6. The molecule has 3 heterocycles. The number of carbonyl (C=O) groups excluding carboxylic acids is 3. The number of nitrogens with one attached hydrogen (secondary N) is 1. The molecule has 0 radical (unpaired) electrons. The number of phenolic OH excluding ortho intramolecular Hbond substituents is 1. The first-order valence-corrected chi connectivity index (χ1v) is 12.1. The number of thioether (sulfide) groups is 1. The second-order valence-corrected chi connectivity index (χ2v) is 9.61. The summed E-state index contributed by atoms with van der Waals surface area (Å²) in [6, 6.07) is 5.20. The topological polar surface area (TPSA) is 172 Å². The number of esters is 1. The van der Waals surface area contributed by atoms with E-state index in [1.807, 2.05) is 0 Å². The van der Waals surface area contributed by atoms with Crippen molar-refractivity contribution in [1.29, 1.82) is 0 Å². The van der Waals surface area contributed by atoms with E-state index in [-0.39, 0.29) is 34.5 Å². The van der Waals surface area contributed by atoms with Gasteiger partial charge in [-0.3, -0.25) is 19.3 Å². The highest BCUT2D eigenvalue weighted by Crippen LogP contribution is 2.40. The Bertz CT molecular complexity index is 1270. The number of benzene rings is 1. The summed E-state index contributed by atoms with van der Waals surface area (Å²) in [7, 11) is 0. The summed E-state index contributed by atoms with van der Waals surface area (Å²) in [6.07, 6.45) is 1.55. The van der Waals surface area contributed by atoms with Gasteiger partial charge in [-0.15, -0.1) is 23.1 Å². The van der Waals surface area contributed by atoms with Crippen molar-refractivity contribution >= 4 is 63.6 Å². The number of fused-ring (bicyclic) bond motifs is 1. The van der Waals surface area contributed by atoms with Gasteiger partial charge in [0.05, 0.1) is 11.3 Å². The summed E-state index contributed by atoms with van der Waals surface area (Å²) < 4.78 is 4.92. The van der Waals surface area contributed by atoms with E-state index in [4.69, 9.17) is 10.5 Å². The van der Waals surface area contributed by atoms with Gasteiger partial charge in [-0.25, -0.2) is 9.78 Å². The monoisotopic (exact) mass is 516 g/mol. The highest BCUT2D eigenvalue weighted by molar-refractivity contribution is 8.00. The summed E-state index contributed by atoms with van der Waals surface area (Å²) >= 11 is 2.41. The van der Waals surface area contributed by atoms with Crippen molar-refractivity contribution < 1.29 is 34.1 Å². The molecule has 11 nitrogen and oxygen atoms in total. The first-order chi connectivity index (χ1) is 16.7. The van der Waals surface area contributed by atoms with Crippen LogP contribution in [0.4, 0.5) is 5.13 Å². The van der Waals surface area contributed by atoms with Gasteiger partial charge in [-0.1, -0.05) is 12.1 Å². The number of carbonyl (C=O) groups is 4. The highest BCUT2D eigenvalue weighted by Gasteiger charge is 2.54. The van der Waals surface area contributed by atoms with Crippen molar-refractivity contribution in [3.05, 3.63) is 52.2 Å². The molecular formula is C22H20N4O7S2. The SMILES string of the molecule is CC(=O)OCC1=C(C(=O)O)N2C(=O)C(NC(=O)/C(=C\c3ccc(O)cc3)c3csc(N)n3)[C@H]2SC1. The molecule has 2 aliphatic rings. The van der Waals surface area contributed by atoms with E-state index in [1.54, 1.807) is 23.6 Å². The van der Waals surface area contributed by atoms with Crippen LogP contribution in [0.2, 0.25) is 0 Å².